The molecule has 1 aliphatic carbocycles. The van der Waals surface area contributed by atoms with Crippen molar-refractivity contribution in [2.24, 2.45) is 5.92 Å². The molecule has 1 aromatic heterocycles. The van der Waals surface area contributed by atoms with Gasteiger partial charge in [-0.2, -0.15) is 0 Å². The summed E-state index contributed by atoms with van der Waals surface area (Å²) in [6.07, 6.45) is 8.14. The standard InChI is InChI=1S/C12H17BN2O3/c16-12(9-4-2-1-3-5-9)15-11-6-10(13(17)18)7-14-8-11/h6-9,17-18H,1-5H2,(H,15,16). The number of nitrogens with zero attached hydrogens (tertiary/aromatic N) is 1. The fourth-order valence-corrected chi connectivity index (χ4v) is 2.28. The molecule has 1 aliphatic rings. The smallest absolute Gasteiger partial charge is 0.423 e. The van der Waals surface area contributed by atoms with Gasteiger partial charge in [0.15, 0.2) is 0 Å². The van der Waals surface area contributed by atoms with E-state index in [1.165, 1.54) is 24.9 Å². The van der Waals surface area contributed by atoms with E-state index in [4.69, 9.17) is 10.0 Å². The molecule has 0 unspecified atom stereocenters. The Bertz CT molecular complexity index is 420. The lowest BCUT2D eigenvalue weighted by atomic mass is 9.81. The first kappa shape index (κ1) is 13.0. The van der Waals surface area contributed by atoms with Crippen molar-refractivity contribution < 1.29 is 14.8 Å². The molecule has 0 radical (unpaired) electrons. The van der Waals surface area contributed by atoms with Crippen molar-refractivity contribution >= 4 is 24.2 Å². The second-order valence-electron chi connectivity index (χ2n) is 4.70. The SMILES string of the molecule is O=C(Nc1cncc(B(O)O)c1)C1CCCCC1. The number of anilines is 1. The molecule has 0 bridgehead atoms. The van der Waals surface area contributed by atoms with Crippen molar-refractivity contribution in [3.8, 4) is 0 Å². The number of carbonyl (C=O) groups excluding carboxylic acids is 1. The molecular weight excluding hydrogens is 231 g/mol. The molecule has 0 saturated heterocycles. The van der Waals surface area contributed by atoms with Gasteiger partial charge in [-0.1, -0.05) is 19.3 Å². The van der Waals surface area contributed by atoms with E-state index in [0.717, 1.165) is 25.7 Å². The summed E-state index contributed by atoms with van der Waals surface area (Å²) >= 11 is 0. The zero-order valence-corrected chi connectivity index (χ0v) is 10.2. The zero-order valence-electron chi connectivity index (χ0n) is 10.2. The summed E-state index contributed by atoms with van der Waals surface area (Å²) in [7, 11) is -1.57. The maximum atomic E-state index is 12.0. The maximum absolute atomic E-state index is 12.0. The summed E-state index contributed by atoms with van der Waals surface area (Å²) in [6.45, 7) is 0. The van der Waals surface area contributed by atoms with E-state index >= 15 is 0 Å². The Morgan fingerprint density at radius 2 is 2.00 bits per heavy atom. The quantitative estimate of drug-likeness (QED) is 0.671. The van der Waals surface area contributed by atoms with Gasteiger partial charge in [0.25, 0.3) is 0 Å². The molecule has 0 aliphatic heterocycles. The van der Waals surface area contributed by atoms with Crippen molar-refractivity contribution in [3.63, 3.8) is 0 Å². The van der Waals surface area contributed by atoms with Crippen LogP contribution in [0.15, 0.2) is 18.5 Å². The second-order valence-corrected chi connectivity index (χ2v) is 4.70. The summed E-state index contributed by atoms with van der Waals surface area (Å²) in [5.74, 6) is 0.0718. The van der Waals surface area contributed by atoms with Crippen LogP contribution in [0, 0.1) is 5.92 Å². The van der Waals surface area contributed by atoms with E-state index in [-0.39, 0.29) is 17.3 Å². The fourth-order valence-electron chi connectivity index (χ4n) is 2.28. The Hall–Kier alpha value is -1.40. The van der Waals surface area contributed by atoms with E-state index in [9.17, 15) is 4.79 Å². The molecule has 1 fully saturated rings. The summed E-state index contributed by atoms with van der Waals surface area (Å²) < 4.78 is 0. The molecule has 1 heterocycles. The van der Waals surface area contributed by atoms with Crippen molar-refractivity contribution in [1.82, 2.24) is 4.98 Å². The molecule has 0 spiro atoms. The van der Waals surface area contributed by atoms with Gasteiger partial charge in [0, 0.05) is 17.6 Å². The number of aromatic nitrogens is 1. The lowest BCUT2D eigenvalue weighted by molar-refractivity contribution is -0.120. The topological polar surface area (TPSA) is 82.5 Å². The fraction of sp³-hybridized carbons (Fsp3) is 0.500. The lowest BCUT2D eigenvalue weighted by Crippen LogP contribution is -2.31. The van der Waals surface area contributed by atoms with E-state index in [0.29, 0.717) is 5.69 Å². The van der Waals surface area contributed by atoms with Crippen LogP contribution in [0.5, 0.6) is 0 Å². The van der Waals surface area contributed by atoms with E-state index < -0.39 is 7.12 Å². The molecule has 2 rings (SSSR count). The number of hydrogen-bond donors (Lipinski definition) is 3. The van der Waals surface area contributed by atoms with E-state index in [1.54, 1.807) is 0 Å². The van der Waals surface area contributed by atoms with Crippen molar-refractivity contribution in [2.45, 2.75) is 32.1 Å². The van der Waals surface area contributed by atoms with E-state index in [2.05, 4.69) is 10.3 Å². The number of amides is 1. The average molecular weight is 248 g/mol. The van der Waals surface area contributed by atoms with Crippen LogP contribution in [-0.2, 0) is 4.79 Å². The predicted octanol–water partition coefficient (Wildman–Crippen LogP) is 0.280. The van der Waals surface area contributed by atoms with Gasteiger partial charge in [0.2, 0.25) is 5.91 Å². The molecule has 0 atom stereocenters. The first-order chi connectivity index (χ1) is 8.66. The lowest BCUT2D eigenvalue weighted by Gasteiger charge is -2.20. The van der Waals surface area contributed by atoms with Crippen molar-refractivity contribution in [2.75, 3.05) is 5.32 Å². The third-order valence-corrected chi connectivity index (χ3v) is 3.30. The first-order valence-electron chi connectivity index (χ1n) is 6.29. The van der Waals surface area contributed by atoms with Crippen LogP contribution in [-0.4, -0.2) is 28.1 Å². The molecule has 1 amide bonds. The minimum absolute atomic E-state index is 0.001000. The second kappa shape index (κ2) is 5.97. The minimum atomic E-state index is -1.57. The Kier molecular flexibility index (Phi) is 4.33. The highest BCUT2D eigenvalue weighted by atomic mass is 16.4. The van der Waals surface area contributed by atoms with Crippen LogP contribution in [0.4, 0.5) is 5.69 Å². The number of carbonyl (C=O) groups is 1. The molecule has 1 aromatic rings. The number of rotatable bonds is 3. The Balaban J connectivity index is 1.99. The molecule has 5 nitrogen and oxygen atoms in total. The largest absolute Gasteiger partial charge is 0.490 e. The van der Waals surface area contributed by atoms with Gasteiger partial charge < -0.3 is 15.4 Å². The Morgan fingerprint density at radius 3 is 2.67 bits per heavy atom. The van der Waals surface area contributed by atoms with Crippen LogP contribution >= 0.6 is 0 Å². The molecular formula is C12H17BN2O3. The molecule has 96 valence electrons. The highest BCUT2D eigenvalue weighted by molar-refractivity contribution is 6.58. The normalized spacial score (nSPS) is 16.3. The predicted molar refractivity (Wildman–Crippen MR) is 69.3 cm³/mol. The maximum Gasteiger partial charge on any atom is 0.490 e. The number of nitrogens with one attached hydrogen (secondary N) is 1. The highest BCUT2D eigenvalue weighted by Crippen LogP contribution is 2.24. The Morgan fingerprint density at radius 1 is 1.28 bits per heavy atom. The minimum Gasteiger partial charge on any atom is -0.423 e. The van der Waals surface area contributed by atoms with Crippen LogP contribution in [0.25, 0.3) is 0 Å². The van der Waals surface area contributed by atoms with Crippen LogP contribution in [0.1, 0.15) is 32.1 Å². The van der Waals surface area contributed by atoms with Crippen LogP contribution in [0.2, 0.25) is 0 Å². The van der Waals surface area contributed by atoms with Gasteiger partial charge >= 0.3 is 7.12 Å². The van der Waals surface area contributed by atoms with Gasteiger partial charge in [-0.05, 0) is 18.9 Å². The molecule has 1 saturated carbocycles. The van der Waals surface area contributed by atoms with Gasteiger partial charge in [-0.3, -0.25) is 9.78 Å². The summed E-state index contributed by atoms with van der Waals surface area (Å²) in [6, 6.07) is 1.53. The first-order valence-corrected chi connectivity index (χ1v) is 6.29. The highest BCUT2D eigenvalue weighted by Gasteiger charge is 2.21. The monoisotopic (exact) mass is 248 g/mol. The molecule has 18 heavy (non-hydrogen) atoms. The Labute approximate surface area is 106 Å². The van der Waals surface area contributed by atoms with Gasteiger partial charge in [-0.15, -0.1) is 0 Å². The van der Waals surface area contributed by atoms with E-state index in [1.807, 2.05) is 0 Å². The van der Waals surface area contributed by atoms with Crippen molar-refractivity contribution in [1.29, 1.82) is 0 Å². The molecule has 0 aromatic carbocycles. The summed E-state index contributed by atoms with van der Waals surface area (Å²) in [4.78, 5) is 15.9. The molecule has 6 heteroatoms. The summed E-state index contributed by atoms with van der Waals surface area (Å²) in [5, 5.41) is 20.9. The number of pyridine rings is 1. The van der Waals surface area contributed by atoms with Gasteiger partial charge in [0.1, 0.15) is 0 Å². The third-order valence-electron chi connectivity index (χ3n) is 3.30. The number of hydrogen-bond acceptors (Lipinski definition) is 4. The molecule has 3 N–H and O–H groups in total. The summed E-state index contributed by atoms with van der Waals surface area (Å²) in [5.41, 5.74) is 0.785. The van der Waals surface area contributed by atoms with Gasteiger partial charge in [-0.25, -0.2) is 0 Å². The zero-order chi connectivity index (χ0) is 13.0. The van der Waals surface area contributed by atoms with Gasteiger partial charge in [0.05, 0.1) is 11.9 Å². The van der Waals surface area contributed by atoms with Crippen LogP contribution < -0.4 is 10.8 Å². The third kappa shape index (κ3) is 3.30. The average Bonchev–Trinajstić information content (AvgIpc) is 2.40. The van der Waals surface area contributed by atoms with Crippen LogP contribution in [0.3, 0.4) is 0 Å². The van der Waals surface area contributed by atoms with Crippen molar-refractivity contribution in [3.05, 3.63) is 18.5 Å².